The van der Waals surface area contributed by atoms with Crippen molar-refractivity contribution in [2.45, 2.75) is 19.3 Å². The predicted molar refractivity (Wildman–Crippen MR) is 271 cm³/mol. The number of aromatic nitrogens is 1. The molecule has 3 nitrogen and oxygen atoms in total. The molecule has 0 spiro atoms. The molecule has 0 bridgehead atoms. The lowest BCUT2D eigenvalue weighted by molar-refractivity contribution is 0.660. The Morgan fingerprint density at radius 3 is 1.62 bits per heavy atom. The summed E-state index contributed by atoms with van der Waals surface area (Å²) in [6.45, 7) is 4.72. The maximum absolute atomic E-state index is 2.44. The predicted octanol–water partition coefficient (Wildman–Crippen LogP) is 16.8. The van der Waals surface area contributed by atoms with Crippen LogP contribution in [0.25, 0.3) is 60.5 Å². The van der Waals surface area contributed by atoms with Gasteiger partial charge in [-0.25, -0.2) is 0 Å². The lowest BCUT2D eigenvalue weighted by Crippen LogP contribution is -2.17. The lowest BCUT2D eigenvalue weighted by Gasteiger charge is -2.31. The molecule has 0 amide bonds. The maximum Gasteiger partial charge on any atom is 0.0541 e. The first kappa shape index (κ1) is 37.6. The third kappa shape index (κ3) is 6.20. The lowest BCUT2D eigenvalue weighted by atomic mass is 9.82. The van der Waals surface area contributed by atoms with Crippen LogP contribution in [-0.4, -0.2) is 4.57 Å². The Balaban J connectivity index is 1.12. The Morgan fingerprint density at radius 2 is 0.891 bits per heavy atom. The van der Waals surface area contributed by atoms with Crippen LogP contribution in [0.1, 0.15) is 25.0 Å². The van der Waals surface area contributed by atoms with Gasteiger partial charge in [0, 0.05) is 56.0 Å². The quantitative estimate of drug-likeness (QED) is 0.151. The minimum absolute atomic E-state index is 0.147. The molecule has 10 aromatic carbocycles. The number of hydrogen-bond donors (Lipinski definition) is 0. The second-order valence-electron chi connectivity index (χ2n) is 17.4. The highest BCUT2D eigenvalue weighted by atomic mass is 15.2. The first-order valence-electron chi connectivity index (χ1n) is 22.2. The summed E-state index contributed by atoms with van der Waals surface area (Å²) >= 11 is 0. The van der Waals surface area contributed by atoms with Crippen LogP contribution >= 0.6 is 0 Å². The summed E-state index contributed by atoms with van der Waals surface area (Å²) in [5.41, 5.74) is 17.5. The minimum Gasteiger partial charge on any atom is -0.310 e. The molecule has 0 radical (unpaired) electrons. The zero-order chi connectivity index (χ0) is 42.8. The molecule has 0 atom stereocenters. The van der Waals surface area contributed by atoms with Crippen LogP contribution in [0.5, 0.6) is 0 Å². The normalized spacial score (nSPS) is 12.7. The molecule has 0 saturated heterocycles. The third-order valence-corrected chi connectivity index (χ3v) is 13.3. The van der Waals surface area contributed by atoms with Crippen molar-refractivity contribution in [3.8, 4) is 27.9 Å². The van der Waals surface area contributed by atoms with Crippen LogP contribution in [-0.2, 0) is 5.41 Å². The van der Waals surface area contributed by atoms with Crippen molar-refractivity contribution < 1.29 is 0 Å². The zero-order valence-corrected chi connectivity index (χ0v) is 35.9. The number of anilines is 6. The van der Waals surface area contributed by atoms with Crippen LogP contribution < -0.4 is 9.80 Å². The van der Waals surface area contributed by atoms with E-state index >= 15 is 0 Å². The van der Waals surface area contributed by atoms with E-state index in [0.717, 1.165) is 50.9 Å². The van der Waals surface area contributed by atoms with E-state index in [1.165, 1.54) is 54.8 Å². The van der Waals surface area contributed by atoms with Crippen molar-refractivity contribution >= 4 is 66.7 Å². The van der Waals surface area contributed by atoms with Gasteiger partial charge < -0.3 is 14.4 Å². The highest BCUT2D eigenvalue weighted by Gasteiger charge is 2.36. The van der Waals surface area contributed by atoms with Crippen molar-refractivity contribution in [3.05, 3.63) is 248 Å². The average molecular weight is 820 g/mol. The molecular formula is C61H45N3. The van der Waals surface area contributed by atoms with Crippen LogP contribution in [0, 0.1) is 0 Å². The molecule has 1 aliphatic carbocycles. The topological polar surface area (TPSA) is 11.4 Å². The largest absolute Gasteiger partial charge is 0.310 e. The molecule has 0 fully saturated rings. The first-order valence-corrected chi connectivity index (χ1v) is 22.2. The van der Waals surface area contributed by atoms with Gasteiger partial charge in [0.25, 0.3) is 0 Å². The summed E-state index contributed by atoms with van der Waals surface area (Å²) in [6.07, 6.45) is 0. The number of rotatable bonds is 8. The average Bonchev–Trinajstić information content (AvgIpc) is 3.80. The Bertz CT molecular complexity index is 3530. The number of benzene rings is 10. The standard InChI is InChI=1S/C61H45N3/c1-61(2)57-28-16-14-26-53(57)54-34-33-50(41-58(54)61)63(47-22-8-4-9-23-47)52-38-45(44-31-35-60-56(39-44)55-27-15-17-29-59(55)64(60)48-24-10-5-11-25-48)37-51(40-52)62(46-20-6-3-7-21-46)49-32-30-42-18-12-13-19-43(42)36-49/h3-41H,1-2H3. The third-order valence-electron chi connectivity index (χ3n) is 13.3. The second-order valence-corrected chi connectivity index (χ2v) is 17.4. The van der Waals surface area contributed by atoms with Crippen molar-refractivity contribution in [1.82, 2.24) is 4.57 Å². The van der Waals surface area contributed by atoms with E-state index in [9.17, 15) is 0 Å². The fourth-order valence-corrected chi connectivity index (χ4v) is 10.2. The molecule has 0 aliphatic heterocycles. The van der Waals surface area contributed by atoms with Crippen molar-refractivity contribution in [1.29, 1.82) is 0 Å². The van der Waals surface area contributed by atoms with E-state index in [-0.39, 0.29) is 5.41 Å². The second kappa shape index (κ2) is 15.0. The van der Waals surface area contributed by atoms with Gasteiger partial charge in [-0.2, -0.15) is 0 Å². The Kier molecular flexibility index (Phi) is 8.84. The molecule has 304 valence electrons. The van der Waals surface area contributed by atoms with Gasteiger partial charge in [-0.15, -0.1) is 0 Å². The van der Waals surface area contributed by atoms with Crippen molar-refractivity contribution in [2.24, 2.45) is 0 Å². The van der Waals surface area contributed by atoms with Crippen LogP contribution in [0.4, 0.5) is 34.1 Å². The van der Waals surface area contributed by atoms with Gasteiger partial charge in [-0.05, 0) is 141 Å². The summed E-state index contributed by atoms with van der Waals surface area (Å²) in [6, 6.07) is 86.6. The Hall–Kier alpha value is -8.14. The fraction of sp³-hybridized carbons (Fsp3) is 0.0492. The smallest absolute Gasteiger partial charge is 0.0541 e. The Morgan fingerprint density at radius 1 is 0.328 bits per heavy atom. The number of fused-ring (bicyclic) bond motifs is 7. The van der Waals surface area contributed by atoms with Gasteiger partial charge in [-0.3, -0.25) is 0 Å². The molecular weight excluding hydrogens is 775 g/mol. The summed E-state index contributed by atoms with van der Waals surface area (Å²) in [4.78, 5) is 4.85. The molecule has 1 aliphatic rings. The van der Waals surface area contributed by atoms with Gasteiger partial charge in [-0.1, -0.05) is 153 Å². The van der Waals surface area contributed by atoms with E-state index in [1.807, 2.05) is 0 Å². The number of hydrogen-bond acceptors (Lipinski definition) is 2. The minimum atomic E-state index is -0.147. The van der Waals surface area contributed by atoms with Crippen molar-refractivity contribution in [2.75, 3.05) is 9.80 Å². The molecule has 12 rings (SSSR count). The van der Waals surface area contributed by atoms with E-state index in [1.54, 1.807) is 0 Å². The monoisotopic (exact) mass is 819 g/mol. The van der Waals surface area contributed by atoms with Gasteiger partial charge in [0.1, 0.15) is 0 Å². The molecule has 0 unspecified atom stereocenters. The molecule has 0 N–H and O–H groups in total. The number of para-hydroxylation sites is 4. The van der Waals surface area contributed by atoms with Crippen LogP contribution in [0.2, 0.25) is 0 Å². The van der Waals surface area contributed by atoms with E-state index in [4.69, 9.17) is 0 Å². The fourth-order valence-electron chi connectivity index (χ4n) is 10.2. The summed E-state index contributed by atoms with van der Waals surface area (Å²) in [7, 11) is 0. The van der Waals surface area contributed by atoms with Gasteiger partial charge >= 0.3 is 0 Å². The summed E-state index contributed by atoms with van der Waals surface area (Å²) < 4.78 is 2.39. The van der Waals surface area contributed by atoms with E-state index in [2.05, 4.69) is 265 Å². The van der Waals surface area contributed by atoms with Gasteiger partial charge in [0.2, 0.25) is 0 Å². The Labute approximate surface area is 374 Å². The van der Waals surface area contributed by atoms with E-state index in [0.29, 0.717) is 0 Å². The molecule has 11 aromatic rings. The summed E-state index contributed by atoms with van der Waals surface area (Å²) in [5, 5.41) is 4.87. The first-order chi connectivity index (χ1) is 31.5. The van der Waals surface area contributed by atoms with E-state index < -0.39 is 0 Å². The SMILES string of the molecule is CC1(C)c2ccccc2-c2ccc(N(c3ccccc3)c3cc(-c4ccc5c(c4)c4ccccc4n5-c4ccccc4)cc(N(c4ccccc4)c4ccc5ccccc5c4)c3)cc21. The highest BCUT2D eigenvalue weighted by molar-refractivity contribution is 6.10. The van der Waals surface area contributed by atoms with Gasteiger partial charge in [0.15, 0.2) is 0 Å². The zero-order valence-electron chi connectivity index (χ0n) is 35.9. The summed E-state index contributed by atoms with van der Waals surface area (Å²) in [5.74, 6) is 0. The number of nitrogens with zero attached hydrogens (tertiary/aromatic N) is 3. The molecule has 1 aromatic heterocycles. The van der Waals surface area contributed by atoms with Gasteiger partial charge in [0.05, 0.1) is 11.0 Å². The molecule has 1 heterocycles. The maximum atomic E-state index is 2.44. The molecule has 64 heavy (non-hydrogen) atoms. The molecule has 3 heteroatoms. The molecule has 0 saturated carbocycles. The van der Waals surface area contributed by atoms with Crippen molar-refractivity contribution in [3.63, 3.8) is 0 Å². The highest BCUT2D eigenvalue weighted by Crippen LogP contribution is 2.51. The van der Waals surface area contributed by atoms with Crippen LogP contribution in [0.15, 0.2) is 237 Å². The van der Waals surface area contributed by atoms with Crippen LogP contribution in [0.3, 0.4) is 0 Å².